The zero-order valence-electron chi connectivity index (χ0n) is 19.0. The van der Waals surface area contributed by atoms with Crippen LogP contribution in [0.25, 0.3) is 0 Å². The van der Waals surface area contributed by atoms with Crippen LogP contribution in [0.1, 0.15) is 15.9 Å². The molecule has 0 bridgehead atoms. The Labute approximate surface area is 206 Å². The van der Waals surface area contributed by atoms with Crippen molar-refractivity contribution < 1.29 is 28.5 Å². The minimum atomic E-state index is -0.294. The van der Waals surface area contributed by atoms with Gasteiger partial charge < -0.3 is 29.6 Å². The third kappa shape index (κ3) is 6.84. The van der Waals surface area contributed by atoms with Gasteiger partial charge in [0.05, 0.1) is 17.9 Å². The van der Waals surface area contributed by atoms with E-state index < -0.39 is 0 Å². The number of hydrogen-bond acceptors (Lipinski definition) is 9. The minimum Gasteiger partial charge on any atom is -0.475 e. The van der Waals surface area contributed by atoms with E-state index in [2.05, 4.69) is 20.6 Å². The van der Waals surface area contributed by atoms with Crippen molar-refractivity contribution in [1.82, 2.24) is 15.3 Å². The molecule has 0 aliphatic carbocycles. The van der Waals surface area contributed by atoms with E-state index >= 15 is 0 Å². The minimum absolute atomic E-state index is 0.0835. The SMILES string of the molecule is COCCOc1ccc(CNC(=O)c2cccnc2SCC(=O)Nc2ccc3c(c2)OCO3)cn1. The molecule has 0 saturated heterocycles. The molecular formula is C24H24N4O6S. The zero-order chi connectivity index (χ0) is 24.5. The first-order valence-corrected chi connectivity index (χ1v) is 11.7. The van der Waals surface area contributed by atoms with Crippen LogP contribution in [-0.4, -0.2) is 54.7 Å². The fraction of sp³-hybridized carbons (Fsp3) is 0.250. The number of rotatable bonds is 11. The maximum Gasteiger partial charge on any atom is 0.254 e. The summed E-state index contributed by atoms with van der Waals surface area (Å²) >= 11 is 1.18. The average Bonchev–Trinajstić information content (AvgIpc) is 3.35. The largest absolute Gasteiger partial charge is 0.475 e. The van der Waals surface area contributed by atoms with E-state index in [0.29, 0.717) is 46.9 Å². The fourth-order valence-electron chi connectivity index (χ4n) is 3.09. The first-order valence-electron chi connectivity index (χ1n) is 10.7. The van der Waals surface area contributed by atoms with Crippen LogP contribution >= 0.6 is 11.8 Å². The van der Waals surface area contributed by atoms with Crippen LogP contribution in [-0.2, 0) is 16.1 Å². The van der Waals surface area contributed by atoms with E-state index in [1.54, 1.807) is 55.9 Å². The Morgan fingerprint density at radius 1 is 1.09 bits per heavy atom. The van der Waals surface area contributed by atoms with Gasteiger partial charge in [0, 0.05) is 43.9 Å². The second-order valence-electron chi connectivity index (χ2n) is 7.29. The number of fused-ring (bicyclic) bond motifs is 1. The van der Waals surface area contributed by atoms with Crippen molar-refractivity contribution in [3.05, 3.63) is 66.0 Å². The van der Waals surface area contributed by atoms with Crippen LogP contribution in [0.2, 0.25) is 0 Å². The van der Waals surface area contributed by atoms with Gasteiger partial charge in [-0.3, -0.25) is 9.59 Å². The maximum atomic E-state index is 12.8. The number of amides is 2. The number of benzene rings is 1. The van der Waals surface area contributed by atoms with Crippen molar-refractivity contribution in [2.45, 2.75) is 11.6 Å². The monoisotopic (exact) mass is 496 g/mol. The smallest absolute Gasteiger partial charge is 0.254 e. The number of nitrogens with one attached hydrogen (secondary N) is 2. The number of nitrogens with zero attached hydrogens (tertiary/aromatic N) is 2. The van der Waals surface area contributed by atoms with Crippen LogP contribution in [0.15, 0.2) is 59.9 Å². The van der Waals surface area contributed by atoms with Crippen LogP contribution in [0.4, 0.5) is 5.69 Å². The van der Waals surface area contributed by atoms with Gasteiger partial charge in [-0.15, -0.1) is 0 Å². The predicted molar refractivity (Wildman–Crippen MR) is 129 cm³/mol. The lowest BCUT2D eigenvalue weighted by Gasteiger charge is -2.10. The second-order valence-corrected chi connectivity index (χ2v) is 8.25. The van der Waals surface area contributed by atoms with Gasteiger partial charge >= 0.3 is 0 Å². The van der Waals surface area contributed by atoms with Gasteiger partial charge in [-0.05, 0) is 29.8 Å². The number of methoxy groups -OCH3 is 1. The van der Waals surface area contributed by atoms with Crippen LogP contribution in [0.3, 0.4) is 0 Å². The molecule has 0 saturated carbocycles. The maximum absolute atomic E-state index is 12.8. The van der Waals surface area contributed by atoms with Gasteiger partial charge in [-0.2, -0.15) is 0 Å². The fourth-order valence-corrected chi connectivity index (χ4v) is 3.88. The summed E-state index contributed by atoms with van der Waals surface area (Å²) < 4.78 is 21.0. The molecule has 182 valence electrons. The number of carbonyl (C=O) groups is 2. The van der Waals surface area contributed by atoms with Crippen molar-refractivity contribution in [2.24, 2.45) is 0 Å². The van der Waals surface area contributed by atoms with E-state index in [4.69, 9.17) is 18.9 Å². The molecule has 1 aliphatic rings. The Balaban J connectivity index is 1.28. The van der Waals surface area contributed by atoms with E-state index in [1.807, 2.05) is 6.07 Å². The highest BCUT2D eigenvalue weighted by Crippen LogP contribution is 2.34. The average molecular weight is 497 g/mol. The number of thioether (sulfide) groups is 1. The summed E-state index contributed by atoms with van der Waals surface area (Å²) in [4.78, 5) is 33.7. The molecule has 0 radical (unpaired) electrons. The first-order chi connectivity index (χ1) is 17.1. The Hall–Kier alpha value is -3.83. The van der Waals surface area contributed by atoms with Gasteiger partial charge in [0.25, 0.3) is 5.91 Å². The van der Waals surface area contributed by atoms with Crippen LogP contribution < -0.4 is 24.8 Å². The van der Waals surface area contributed by atoms with Crippen molar-refractivity contribution >= 4 is 29.3 Å². The van der Waals surface area contributed by atoms with E-state index in [9.17, 15) is 9.59 Å². The summed E-state index contributed by atoms with van der Waals surface area (Å²) in [6, 6.07) is 12.1. The van der Waals surface area contributed by atoms with Gasteiger partial charge in [0.15, 0.2) is 11.5 Å². The molecule has 2 N–H and O–H groups in total. The van der Waals surface area contributed by atoms with Crippen molar-refractivity contribution in [3.63, 3.8) is 0 Å². The molecule has 0 fully saturated rings. The lowest BCUT2D eigenvalue weighted by molar-refractivity contribution is -0.113. The highest BCUT2D eigenvalue weighted by Gasteiger charge is 2.16. The van der Waals surface area contributed by atoms with E-state index in [1.165, 1.54) is 11.8 Å². The standard InChI is InChI=1S/C24H24N4O6S/c1-31-9-10-32-22-7-4-16(12-26-22)13-27-23(30)18-3-2-8-25-24(18)35-14-21(29)28-17-5-6-19-20(11-17)34-15-33-19/h2-8,11-12H,9-10,13-15H2,1H3,(H,27,30)(H,28,29). The molecule has 1 aromatic carbocycles. The van der Waals surface area contributed by atoms with Gasteiger partial charge in [0.1, 0.15) is 11.6 Å². The number of ether oxygens (including phenoxy) is 4. The molecule has 10 nitrogen and oxygen atoms in total. The molecule has 0 unspecified atom stereocenters. The molecule has 3 aromatic rings. The third-order valence-electron chi connectivity index (χ3n) is 4.80. The van der Waals surface area contributed by atoms with Crippen LogP contribution in [0.5, 0.6) is 17.4 Å². The molecule has 35 heavy (non-hydrogen) atoms. The van der Waals surface area contributed by atoms with E-state index in [0.717, 1.165) is 5.56 Å². The molecule has 0 spiro atoms. The topological polar surface area (TPSA) is 121 Å². The molecule has 2 amide bonds. The summed E-state index contributed by atoms with van der Waals surface area (Å²) in [6.07, 6.45) is 3.23. The van der Waals surface area contributed by atoms with Gasteiger partial charge in [-0.25, -0.2) is 9.97 Å². The first kappa shape index (κ1) is 24.3. The Morgan fingerprint density at radius 2 is 1.97 bits per heavy atom. The molecule has 0 atom stereocenters. The number of pyridine rings is 2. The lowest BCUT2D eigenvalue weighted by atomic mass is 10.2. The summed E-state index contributed by atoms with van der Waals surface area (Å²) in [6.45, 7) is 1.34. The third-order valence-corrected chi connectivity index (χ3v) is 5.81. The number of anilines is 1. The zero-order valence-corrected chi connectivity index (χ0v) is 19.8. The predicted octanol–water partition coefficient (Wildman–Crippen LogP) is 2.89. The molecule has 2 aromatic heterocycles. The summed E-state index contributed by atoms with van der Waals surface area (Å²) in [5.74, 6) is 1.27. The number of aromatic nitrogens is 2. The molecule has 4 rings (SSSR count). The normalized spacial score (nSPS) is 11.7. The number of carbonyl (C=O) groups excluding carboxylic acids is 2. The Morgan fingerprint density at radius 3 is 2.80 bits per heavy atom. The van der Waals surface area contributed by atoms with E-state index in [-0.39, 0.29) is 30.9 Å². The van der Waals surface area contributed by atoms with Crippen molar-refractivity contribution in [1.29, 1.82) is 0 Å². The molecule has 3 heterocycles. The molecular weight excluding hydrogens is 472 g/mol. The Kier molecular flexibility index (Phi) is 8.36. The van der Waals surface area contributed by atoms with Crippen LogP contribution in [0, 0.1) is 0 Å². The second kappa shape index (κ2) is 12.0. The quantitative estimate of drug-likeness (QED) is 0.305. The molecule has 1 aliphatic heterocycles. The number of hydrogen-bond donors (Lipinski definition) is 2. The van der Waals surface area contributed by atoms with Gasteiger partial charge in [-0.1, -0.05) is 17.8 Å². The summed E-state index contributed by atoms with van der Waals surface area (Å²) in [7, 11) is 1.60. The Bertz CT molecular complexity index is 1170. The highest BCUT2D eigenvalue weighted by atomic mass is 32.2. The summed E-state index contributed by atoms with van der Waals surface area (Å²) in [5, 5.41) is 6.13. The molecule has 11 heteroatoms. The van der Waals surface area contributed by atoms with Gasteiger partial charge in [0.2, 0.25) is 18.6 Å². The summed E-state index contributed by atoms with van der Waals surface area (Å²) in [5.41, 5.74) is 1.81. The lowest BCUT2D eigenvalue weighted by Crippen LogP contribution is -2.24. The van der Waals surface area contributed by atoms with Crippen molar-refractivity contribution in [2.75, 3.05) is 38.2 Å². The highest BCUT2D eigenvalue weighted by molar-refractivity contribution is 8.00. The van der Waals surface area contributed by atoms with Crippen molar-refractivity contribution in [3.8, 4) is 17.4 Å².